The number of nitro groups is 1. The number of benzene rings is 2. The number of carbonyl (C=O) groups is 1. The maximum atomic E-state index is 13.7. The molecule has 0 heterocycles. The third-order valence-corrected chi connectivity index (χ3v) is 3.41. The Morgan fingerprint density at radius 2 is 2.00 bits per heavy atom. The molecule has 21 heavy (non-hydrogen) atoms. The van der Waals surface area contributed by atoms with E-state index in [1.807, 2.05) is 0 Å². The van der Waals surface area contributed by atoms with Crippen molar-refractivity contribution in [2.45, 2.75) is 6.92 Å². The lowest BCUT2D eigenvalue weighted by atomic mass is 10.1. The molecular weight excluding hydrogens is 343 g/mol. The van der Waals surface area contributed by atoms with Crippen LogP contribution in [-0.4, -0.2) is 10.8 Å². The van der Waals surface area contributed by atoms with Gasteiger partial charge >= 0.3 is 0 Å². The molecule has 0 aliphatic heterocycles. The largest absolute Gasteiger partial charge is 0.322 e. The number of hydrogen-bond acceptors (Lipinski definition) is 3. The summed E-state index contributed by atoms with van der Waals surface area (Å²) in [4.78, 5) is 22.1. The van der Waals surface area contributed by atoms with Crippen LogP contribution in [0.3, 0.4) is 0 Å². The Bertz CT molecular complexity index is 734. The maximum Gasteiger partial charge on any atom is 0.283 e. The van der Waals surface area contributed by atoms with Gasteiger partial charge in [0.25, 0.3) is 11.6 Å². The van der Waals surface area contributed by atoms with Crippen LogP contribution in [0.1, 0.15) is 15.9 Å². The van der Waals surface area contributed by atoms with E-state index < -0.39 is 16.6 Å². The molecule has 0 saturated carbocycles. The van der Waals surface area contributed by atoms with E-state index >= 15 is 0 Å². The number of halogens is 2. The van der Waals surface area contributed by atoms with Crippen LogP contribution in [0.2, 0.25) is 0 Å². The first-order valence-electron chi connectivity index (χ1n) is 5.90. The first kappa shape index (κ1) is 15.1. The molecule has 0 saturated heterocycles. The quantitative estimate of drug-likeness (QED) is 0.668. The van der Waals surface area contributed by atoms with Gasteiger partial charge in [-0.25, -0.2) is 4.39 Å². The number of nitrogens with zero attached hydrogens (tertiary/aromatic N) is 1. The van der Waals surface area contributed by atoms with Gasteiger partial charge in [0, 0.05) is 11.8 Å². The number of anilines is 1. The number of nitrogens with one attached hydrogen (secondary N) is 1. The number of amides is 1. The molecule has 0 unspecified atom stereocenters. The lowest BCUT2D eigenvalue weighted by Crippen LogP contribution is -2.13. The van der Waals surface area contributed by atoms with E-state index in [2.05, 4.69) is 21.2 Å². The molecule has 0 fully saturated rings. The van der Waals surface area contributed by atoms with E-state index in [0.717, 1.165) is 0 Å². The molecule has 1 N–H and O–H groups in total. The highest BCUT2D eigenvalue weighted by Gasteiger charge is 2.15. The zero-order valence-corrected chi connectivity index (χ0v) is 12.5. The fraction of sp³-hybridized carbons (Fsp3) is 0.0714. The minimum absolute atomic E-state index is 0.0879. The molecule has 2 rings (SSSR count). The molecule has 0 spiro atoms. The van der Waals surface area contributed by atoms with Crippen molar-refractivity contribution in [1.82, 2.24) is 0 Å². The molecule has 0 bridgehead atoms. The first-order chi connectivity index (χ1) is 9.88. The number of hydrogen-bond donors (Lipinski definition) is 1. The minimum Gasteiger partial charge on any atom is -0.322 e. The fourth-order valence-electron chi connectivity index (χ4n) is 1.74. The molecular formula is C14H10BrFN2O3. The van der Waals surface area contributed by atoms with Crippen LogP contribution in [0, 0.1) is 22.9 Å². The van der Waals surface area contributed by atoms with Crippen LogP contribution in [0.15, 0.2) is 40.9 Å². The monoisotopic (exact) mass is 352 g/mol. The van der Waals surface area contributed by atoms with Crippen molar-refractivity contribution in [3.05, 3.63) is 67.9 Å². The predicted molar refractivity (Wildman–Crippen MR) is 79.9 cm³/mol. The van der Waals surface area contributed by atoms with Crippen LogP contribution in [-0.2, 0) is 0 Å². The van der Waals surface area contributed by atoms with Gasteiger partial charge in [-0.2, -0.15) is 0 Å². The molecule has 1 amide bonds. The molecule has 2 aromatic rings. The highest BCUT2D eigenvalue weighted by atomic mass is 79.9. The number of nitro benzene ring substituents is 1. The molecule has 5 nitrogen and oxygen atoms in total. The lowest BCUT2D eigenvalue weighted by Gasteiger charge is -2.07. The summed E-state index contributed by atoms with van der Waals surface area (Å²) in [6, 6.07) is 8.31. The van der Waals surface area contributed by atoms with Gasteiger partial charge in [0.05, 0.1) is 15.0 Å². The summed E-state index contributed by atoms with van der Waals surface area (Å²) in [6.45, 7) is 1.72. The van der Waals surface area contributed by atoms with Crippen molar-refractivity contribution in [3.8, 4) is 0 Å². The Balaban J connectivity index is 2.23. The number of rotatable bonds is 3. The van der Waals surface area contributed by atoms with Crippen molar-refractivity contribution in [3.63, 3.8) is 0 Å². The van der Waals surface area contributed by atoms with E-state index in [9.17, 15) is 19.3 Å². The Morgan fingerprint density at radius 1 is 1.29 bits per heavy atom. The average molecular weight is 353 g/mol. The van der Waals surface area contributed by atoms with E-state index in [1.165, 1.54) is 30.3 Å². The Labute approximate surface area is 128 Å². The third kappa shape index (κ3) is 3.43. The summed E-state index contributed by atoms with van der Waals surface area (Å²) in [5.74, 6) is -1.23. The molecule has 108 valence electrons. The Hall–Kier alpha value is -2.28. The Kier molecular flexibility index (Phi) is 4.32. The lowest BCUT2D eigenvalue weighted by molar-refractivity contribution is -0.385. The highest BCUT2D eigenvalue weighted by Crippen LogP contribution is 2.28. The van der Waals surface area contributed by atoms with Crippen LogP contribution in [0.25, 0.3) is 0 Å². The minimum atomic E-state index is -0.617. The second kappa shape index (κ2) is 6.01. The standard InChI is InChI=1S/C14H10BrFN2O3/c1-8-2-4-10(12(16)6-8)14(19)17-9-3-5-13(18(20)21)11(15)7-9/h2-7H,1H3,(H,17,19). The van der Waals surface area contributed by atoms with E-state index in [-0.39, 0.29) is 15.7 Å². The van der Waals surface area contributed by atoms with E-state index in [0.29, 0.717) is 11.3 Å². The number of aryl methyl sites for hydroxylation is 1. The van der Waals surface area contributed by atoms with Crippen LogP contribution in [0.4, 0.5) is 15.8 Å². The van der Waals surface area contributed by atoms with Gasteiger partial charge in [0.2, 0.25) is 0 Å². The van der Waals surface area contributed by atoms with Gasteiger partial charge in [-0.05, 0) is 52.7 Å². The predicted octanol–water partition coefficient (Wildman–Crippen LogP) is 4.06. The summed E-state index contributed by atoms with van der Waals surface area (Å²) in [5.41, 5.74) is 0.837. The topological polar surface area (TPSA) is 72.2 Å². The smallest absolute Gasteiger partial charge is 0.283 e. The van der Waals surface area contributed by atoms with Gasteiger partial charge < -0.3 is 5.32 Å². The van der Waals surface area contributed by atoms with Gasteiger partial charge in [-0.1, -0.05) is 6.07 Å². The highest BCUT2D eigenvalue weighted by molar-refractivity contribution is 9.10. The summed E-state index contributed by atoms with van der Waals surface area (Å²) in [6.07, 6.45) is 0. The molecule has 0 radical (unpaired) electrons. The van der Waals surface area contributed by atoms with Crippen LogP contribution >= 0.6 is 15.9 Å². The maximum absolute atomic E-state index is 13.7. The fourth-order valence-corrected chi connectivity index (χ4v) is 2.26. The molecule has 0 aliphatic rings. The first-order valence-corrected chi connectivity index (χ1v) is 6.69. The second-order valence-electron chi connectivity index (χ2n) is 4.36. The molecule has 0 aliphatic carbocycles. The van der Waals surface area contributed by atoms with Crippen LogP contribution in [0.5, 0.6) is 0 Å². The normalized spacial score (nSPS) is 10.2. The van der Waals surface area contributed by atoms with Crippen molar-refractivity contribution >= 4 is 33.2 Å². The molecule has 7 heteroatoms. The summed E-state index contributed by atoms with van der Waals surface area (Å²) in [5, 5.41) is 13.2. The molecule has 0 aromatic heterocycles. The summed E-state index contributed by atoms with van der Waals surface area (Å²) in [7, 11) is 0. The molecule has 2 aromatic carbocycles. The van der Waals surface area contributed by atoms with Crippen molar-refractivity contribution in [2.75, 3.05) is 5.32 Å². The van der Waals surface area contributed by atoms with Crippen molar-refractivity contribution in [2.24, 2.45) is 0 Å². The SMILES string of the molecule is Cc1ccc(C(=O)Nc2ccc([N+](=O)[O-])c(Br)c2)c(F)c1. The van der Waals surface area contributed by atoms with Gasteiger partial charge in [-0.15, -0.1) is 0 Å². The number of carbonyl (C=O) groups excluding carboxylic acids is 1. The van der Waals surface area contributed by atoms with E-state index in [1.54, 1.807) is 13.0 Å². The average Bonchev–Trinajstić information content (AvgIpc) is 2.37. The third-order valence-electron chi connectivity index (χ3n) is 2.77. The Morgan fingerprint density at radius 3 is 2.57 bits per heavy atom. The summed E-state index contributed by atoms with van der Waals surface area (Å²) >= 11 is 3.05. The zero-order valence-electron chi connectivity index (χ0n) is 10.9. The van der Waals surface area contributed by atoms with E-state index in [4.69, 9.17) is 0 Å². The van der Waals surface area contributed by atoms with Crippen molar-refractivity contribution in [1.29, 1.82) is 0 Å². The zero-order chi connectivity index (χ0) is 15.6. The molecule has 0 atom stereocenters. The van der Waals surface area contributed by atoms with Crippen LogP contribution < -0.4 is 5.32 Å². The van der Waals surface area contributed by atoms with Gasteiger partial charge in [0.15, 0.2) is 0 Å². The van der Waals surface area contributed by atoms with Crippen molar-refractivity contribution < 1.29 is 14.1 Å². The van der Waals surface area contributed by atoms with Gasteiger partial charge in [-0.3, -0.25) is 14.9 Å². The second-order valence-corrected chi connectivity index (χ2v) is 5.22. The van der Waals surface area contributed by atoms with Gasteiger partial charge in [0.1, 0.15) is 5.82 Å². The summed E-state index contributed by atoms with van der Waals surface area (Å²) < 4.78 is 13.9.